The predicted octanol–water partition coefficient (Wildman–Crippen LogP) is 2.85. The molecule has 0 radical (unpaired) electrons. The van der Waals surface area contributed by atoms with Gasteiger partial charge in [0.2, 0.25) is 0 Å². The van der Waals surface area contributed by atoms with Gasteiger partial charge in [-0.3, -0.25) is 0 Å². The van der Waals surface area contributed by atoms with Gasteiger partial charge in [0.1, 0.15) is 23.8 Å². The maximum Gasteiger partial charge on any atom is 0.143 e. The van der Waals surface area contributed by atoms with Crippen LogP contribution in [0, 0.1) is 5.82 Å². The topological polar surface area (TPSA) is 50.3 Å². The van der Waals surface area contributed by atoms with E-state index in [-0.39, 0.29) is 5.02 Å². The molecule has 0 spiro atoms. The third-order valence-corrected chi connectivity index (χ3v) is 3.49. The lowest BCUT2D eigenvalue weighted by Crippen LogP contribution is -2.36. The van der Waals surface area contributed by atoms with Gasteiger partial charge >= 0.3 is 0 Å². The molecule has 1 saturated heterocycles. The first-order chi connectivity index (χ1) is 10.2. The molecule has 21 heavy (non-hydrogen) atoms. The van der Waals surface area contributed by atoms with Gasteiger partial charge in [-0.2, -0.15) is 0 Å². The van der Waals surface area contributed by atoms with Gasteiger partial charge in [-0.25, -0.2) is 14.4 Å². The Morgan fingerprint density at radius 1 is 1.19 bits per heavy atom. The second kappa shape index (κ2) is 6.24. The van der Waals surface area contributed by atoms with E-state index in [2.05, 4.69) is 20.2 Å². The highest BCUT2D eigenvalue weighted by molar-refractivity contribution is 6.30. The minimum atomic E-state index is -0.468. The van der Waals surface area contributed by atoms with Crippen molar-refractivity contribution in [2.45, 2.75) is 0 Å². The van der Waals surface area contributed by atoms with E-state index >= 15 is 0 Å². The van der Waals surface area contributed by atoms with E-state index < -0.39 is 5.82 Å². The van der Waals surface area contributed by atoms with Gasteiger partial charge in [-0.1, -0.05) is 11.6 Å². The smallest absolute Gasteiger partial charge is 0.143 e. The Kier molecular flexibility index (Phi) is 4.17. The predicted molar refractivity (Wildman–Crippen MR) is 79.8 cm³/mol. The van der Waals surface area contributed by atoms with Crippen LogP contribution in [0.3, 0.4) is 0 Å². The second-order valence-electron chi connectivity index (χ2n) is 4.61. The van der Waals surface area contributed by atoms with Crippen molar-refractivity contribution in [3.63, 3.8) is 0 Å². The molecule has 1 N–H and O–H groups in total. The minimum Gasteiger partial charge on any atom is -0.378 e. The van der Waals surface area contributed by atoms with E-state index in [1.807, 2.05) is 6.07 Å². The van der Waals surface area contributed by atoms with Crippen molar-refractivity contribution in [1.29, 1.82) is 0 Å². The fourth-order valence-corrected chi connectivity index (χ4v) is 2.22. The van der Waals surface area contributed by atoms with Gasteiger partial charge in [0.15, 0.2) is 0 Å². The van der Waals surface area contributed by atoms with Gasteiger partial charge in [-0.05, 0) is 18.2 Å². The van der Waals surface area contributed by atoms with Crippen molar-refractivity contribution >= 4 is 28.9 Å². The highest BCUT2D eigenvalue weighted by atomic mass is 35.5. The first kappa shape index (κ1) is 14.0. The Bertz CT molecular complexity index is 634. The number of nitrogens with zero attached hydrogens (tertiary/aromatic N) is 3. The van der Waals surface area contributed by atoms with Crippen molar-refractivity contribution in [3.05, 3.63) is 41.4 Å². The number of morpholine rings is 1. The summed E-state index contributed by atoms with van der Waals surface area (Å²) in [6.45, 7) is 2.97. The lowest BCUT2D eigenvalue weighted by molar-refractivity contribution is 0.122. The average molecular weight is 309 g/mol. The Hall–Kier alpha value is -1.92. The average Bonchev–Trinajstić information content (AvgIpc) is 2.52. The van der Waals surface area contributed by atoms with Gasteiger partial charge in [0.05, 0.1) is 18.2 Å². The van der Waals surface area contributed by atoms with Crippen molar-refractivity contribution in [2.75, 3.05) is 36.5 Å². The molecule has 110 valence electrons. The lowest BCUT2D eigenvalue weighted by atomic mass is 10.3. The number of ether oxygens (including phenoxy) is 1. The van der Waals surface area contributed by atoms with Gasteiger partial charge < -0.3 is 15.0 Å². The Morgan fingerprint density at radius 2 is 2.00 bits per heavy atom. The largest absolute Gasteiger partial charge is 0.378 e. The molecular formula is C14H14ClFN4O. The zero-order valence-electron chi connectivity index (χ0n) is 11.2. The molecule has 2 heterocycles. The van der Waals surface area contributed by atoms with Gasteiger partial charge in [0.25, 0.3) is 0 Å². The molecule has 0 amide bonds. The standard InChI is InChI=1S/C14H14ClFN4O/c15-11-2-1-10(7-12(11)16)19-13-8-14(18-9-17-13)20-3-5-21-6-4-20/h1-2,7-9H,3-6H2,(H,17,18,19). The number of halogens is 2. The Morgan fingerprint density at radius 3 is 2.76 bits per heavy atom. The van der Waals surface area contributed by atoms with E-state index in [9.17, 15) is 4.39 Å². The molecule has 2 aromatic rings. The van der Waals surface area contributed by atoms with Crippen molar-refractivity contribution in [3.8, 4) is 0 Å². The fraction of sp³-hybridized carbons (Fsp3) is 0.286. The van der Waals surface area contributed by atoms with Crippen LogP contribution in [0.5, 0.6) is 0 Å². The number of hydrogen-bond acceptors (Lipinski definition) is 5. The summed E-state index contributed by atoms with van der Waals surface area (Å²) in [6, 6.07) is 6.36. The van der Waals surface area contributed by atoms with Crippen LogP contribution in [-0.4, -0.2) is 36.3 Å². The van der Waals surface area contributed by atoms with Crippen LogP contribution in [0.4, 0.5) is 21.7 Å². The van der Waals surface area contributed by atoms with Crippen LogP contribution < -0.4 is 10.2 Å². The molecular weight excluding hydrogens is 295 g/mol. The molecule has 1 aliphatic rings. The number of rotatable bonds is 3. The van der Waals surface area contributed by atoms with Crippen LogP contribution in [-0.2, 0) is 4.74 Å². The van der Waals surface area contributed by atoms with Gasteiger partial charge in [-0.15, -0.1) is 0 Å². The quantitative estimate of drug-likeness (QED) is 0.945. The molecule has 7 heteroatoms. The van der Waals surface area contributed by atoms with E-state index in [1.54, 1.807) is 6.07 Å². The summed E-state index contributed by atoms with van der Waals surface area (Å²) in [4.78, 5) is 10.5. The molecule has 3 rings (SSSR count). The summed E-state index contributed by atoms with van der Waals surface area (Å²) in [5.41, 5.74) is 0.587. The van der Waals surface area contributed by atoms with Crippen molar-refractivity contribution in [1.82, 2.24) is 9.97 Å². The summed E-state index contributed by atoms with van der Waals surface area (Å²) in [7, 11) is 0. The van der Waals surface area contributed by atoms with Crippen molar-refractivity contribution < 1.29 is 9.13 Å². The summed E-state index contributed by atoms with van der Waals surface area (Å²) >= 11 is 5.66. The zero-order valence-corrected chi connectivity index (χ0v) is 12.0. The minimum absolute atomic E-state index is 0.0947. The third kappa shape index (κ3) is 3.40. The summed E-state index contributed by atoms with van der Waals surface area (Å²) < 4.78 is 18.7. The fourth-order valence-electron chi connectivity index (χ4n) is 2.10. The molecule has 5 nitrogen and oxygen atoms in total. The van der Waals surface area contributed by atoms with Crippen LogP contribution in [0.2, 0.25) is 5.02 Å². The number of anilines is 3. The summed E-state index contributed by atoms with van der Waals surface area (Å²) in [5, 5.41) is 3.14. The third-order valence-electron chi connectivity index (χ3n) is 3.18. The van der Waals surface area contributed by atoms with E-state index in [4.69, 9.17) is 16.3 Å². The number of benzene rings is 1. The van der Waals surface area contributed by atoms with E-state index in [0.29, 0.717) is 24.7 Å². The highest BCUT2D eigenvalue weighted by Gasteiger charge is 2.13. The summed E-state index contributed by atoms with van der Waals surface area (Å²) in [5.74, 6) is 0.961. The van der Waals surface area contributed by atoms with Crippen LogP contribution in [0.25, 0.3) is 0 Å². The van der Waals surface area contributed by atoms with Gasteiger partial charge in [0, 0.05) is 24.8 Å². The molecule has 1 fully saturated rings. The number of nitrogens with one attached hydrogen (secondary N) is 1. The highest BCUT2D eigenvalue weighted by Crippen LogP contribution is 2.22. The number of hydrogen-bond donors (Lipinski definition) is 1. The molecule has 0 unspecified atom stereocenters. The zero-order chi connectivity index (χ0) is 14.7. The molecule has 1 aromatic carbocycles. The Labute approximate surface area is 126 Å². The Balaban J connectivity index is 1.77. The first-order valence-corrected chi connectivity index (χ1v) is 6.97. The maximum absolute atomic E-state index is 13.4. The molecule has 0 aliphatic carbocycles. The SMILES string of the molecule is Fc1cc(Nc2cc(N3CCOCC3)ncn2)ccc1Cl. The monoisotopic (exact) mass is 308 g/mol. The van der Waals surface area contributed by atoms with E-state index in [0.717, 1.165) is 18.9 Å². The molecule has 0 bridgehead atoms. The van der Waals surface area contributed by atoms with Crippen LogP contribution in [0.15, 0.2) is 30.6 Å². The molecule has 1 aliphatic heterocycles. The molecule has 0 saturated carbocycles. The second-order valence-corrected chi connectivity index (χ2v) is 5.02. The molecule has 0 atom stereocenters. The normalized spacial score (nSPS) is 15.0. The van der Waals surface area contributed by atoms with Crippen molar-refractivity contribution in [2.24, 2.45) is 0 Å². The molecule has 1 aromatic heterocycles. The summed E-state index contributed by atoms with van der Waals surface area (Å²) in [6.07, 6.45) is 1.49. The van der Waals surface area contributed by atoms with Crippen LogP contribution >= 0.6 is 11.6 Å². The van der Waals surface area contributed by atoms with E-state index in [1.165, 1.54) is 18.5 Å². The maximum atomic E-state index is 13.4. The van der Waals surface area contributed by atoms with Crippen LogP contribution in [0.1, 0.15) is 0 Å². The number of aromatic nitrogens is 2. The lowest BCUT2D eigenvalue weighted by Gasteiger charge is -2.27. The first-order valence-electron chi connectivity index (χ1n) is 6.59.